The highest BCUT2D eigenvalue weighted by Gasteiger charge is 2.45. The molecule has 0 amide bonds. The zero-order valence-electron chi connectivity index (χ0n) is 11.3. The fraction of sp³-hybridized carbons (Fsp3) is 0.857. The van der Waals surface area contributed by atoms with Gasteiger partial charge < -0.3 is 14.7 Å². The zero-order valence-corrected chi connectivity index (χ0v) is 11.3. The van der Waals surface area contributed by atoms with Gasteiger partial charge in [-0.3, -0.25) is 0 Å². The molecule has 0 aromatic heterocycles. The van der Waals surface area contributed by atoms with Crippen LogP contribution >= 0.6 is 0 Å². The Bertz CT molecular complexity index is 291. The number of hydrogen-bond donors (Lipinski definition) is 1. The first-order chi connectivity index (χ1) is 8.06. The van der Waals surface area contributed by atoms with E-state index >= 15 is 0 Å². The van der Waals surface area contributed by atoms with E-state index in [9.17, 15) is 5.11 Å². The highest BCUT2D eigenvalue weighted by Crippen LogP contribution is 2.40. The van der Waals surface area contributed by atoms with Crippen LogP contribution in [0.2, 0.25) is 0 Å². The molecule has 0 aromatic carbocycles. The smallest absolute Gasteiger partial charge is 0.129 e. The molecule has 0 spiro atoms. The average Bonchev–Trinajstić information content (AvgIpc) is 2.82. The number of nitrogens with zero attached hydrogens (tertiary/aromatic N) is 1. The molecule has 1 heterocycles. The number of likely N-dealkylation sites (N-methyl/N-ethyl adjacent to an activating group) is 1. The van der Waals surface area contributed by atoms with E-state index < -0.39 is 6.10 Å². The molecule has 3 heteroatoms. The Hall–Kier alpha value is -0.540. The summed E-state index contributed by atoms with van der Waals surface area (Å²) < 4.78 is 5.55. The second kappa shape index (κ2) is 4.99. The van der Waals surface area contributed by atoms with Gasteiger partial charge in [0.25, 0.3) is 0 Å². The van der Waals surface area contributed by atoms with Crippen molar-refractivity contribution in [2.24, 2.45) is 5.92 Å². The summed E-state index contributed by atoms with van der Waals surface area (Å²) in [5.74, 6) is 1.59. The van der Waals surface area contributed by atoms with Crippen LogP contribution in [0.4, 0.5) is 0 Å². The van der Waals surface area contributed by atoms with Gasteiger partial charge in [0, 0.05) is 6.42 Å². The largest absolute Gasteiger partial charge is 0.495 e. The Balaban J connectivity index is 2.16. The number of ether oxygens (including phenoxy) is 1. The van der Waals surface area contributed by atoms with Crippen LogP contribution in [0.15, 0.2) is 11.8 Å². The lowest BCUT2D eigenvalue weighted by Crippen LogP contribution is -2.56. The van der Waals surface area contributed by atoms with Crippen LogP contribution in [0.1, 0.15) is 39.0 Å². The van der Waals surface area contributed by atoms with E-state index in [0.29, 0.717) is 0 Å². The van der Waals surface area contributed by atoms with E-state index in [0.717, 1.165) is 37.5 Å². The number of hydrogen-bond acceptors (Lipinski definition) is 3. The first-order valence-electron chi connectivity index (χ1n) is 6.74. The van der Waals surface area contributed by atoms with Gasteiger partial charge in [0.1, 0.15) is 11.9 Å². The summed E-state index contributed by atoms with van der Waals surface area (Å²) >= 11 is 0. The van der Waals surface area contributed by atoms with Crippen molar-refractivity contribution in [3.63, 3.8) is 0 Å². The van der Waals surface area contributed by atoms with Crippen molar-refractivity contribution in [2.75, 3.05) is 20.7 Å². The van der Waals surface area contributed by atoms with Crippen LogP contribution in [0.3, 0.4) is 0 Å². The molecule has 2 rings (SSSR count). The van der Waals surface area contributed by atoms with Crippen LogP contribution in [-0.2, 0) is 4.74 Å². The third-order valence-corrected chi connectivity index (χ3v) is 4.54. The Kier molecular flexibility index (Phi) is 3.79. The van der Waals surface area contributed by atoms with Crippen molar-refractivity contribution < 1.29 is 9.84 Å². The minimum atomic E-state index is -0.465. The minimum absolute atomic E-state index is 0.122. The van der Waals surface area contributed by atoms with Gasteiger partial charge in [-0.15, -0.1) is 0 Å². The highest BCUT2D eigenvalue weighted by molar-refractivity contribution is 5.14. The molecule has 0 saturated heterocycles. The molecule has 0 radical (unpaired) electrons. The molecule has 17 heavy (non-hydrogen) atoms. The van der Waals surface area contributed by atoms with Crippen molar-refractivity contribution in [3.8, 4) is 0 Å². The van der Waals surface area contributed by atoms with Gasteiger partial charge in [0.05, 0.1) is 12.1 Å². The monoisotopic (exact) mass is 239 g/mol. The summed E-state index contributed by atoms with van der Waals surface area (Å²) in [7, 11) is 4.16. The Morgan fingerprint density at radius 1 is 1.41 bits per heavy atom. The molecule has 1 unspecified atom stereocenters. The maximum atomic E-state index is 10.6. The van der Waals surface area contributed by atoms with E-state index in [4.69, 9.17) is 4.74 Å². The number of rotatable bonds is 3. The van der Waals surface area contributed by atoms with Crippen molar-refractivity contribution >= 4 is 0 Å². The Morgan fingerprint density at radius 3 is 2.53 bits per heavy atom. The topological polar surface area (TPSA) is 32.7 Å². The number of aliphatic hydroxyl groups is 1. The lowest BCUT2D eigenvalue weighted by molar-refractivity contribution is -0.0429. The summed E-state index contributed by atoms with van der Waals surface area (Å²) in [6, 6.07) is 0. The molecule has 1 atom stereocenters. The van der Waals surface area contributed by atoms with Crippen molar-refractivity contribution in [3.05, 3.63) is 11.8 Å². The average molecular weight is 239 g/mol. The molecule has 3 nitrogen and oxygen atoms in total. The highest BCUT2D eigenvalue weighted by atomic mass is 16.5. The first-order valence-corrected chi connectivity index (χ1v) is 6.74. The molecule has 1 saturated carbocycles. The maximum absolute atomic E-state index is 10.6. The molecule has 2 aliphatic rings. The van der Waals surface area contributed by atoms with Crippen molar-refractivity contribution in [2.45, 2.75) is 50.7 Å². The van der Waals surface area contributed by atoms with E-state index in [1.807, 2.05) is 6.08 Å². The van der Waals surface area contributed by atoms with Crippen LogP contribution in [0.5, 0.6) is 0 Å². The molecule has 98 valence electrons. The van der Waals surface area contributed by atoms with Crippen LogP contribution in [0.25, 0.3) is 0 Å². The predicted molar refractivity (Wildman–Crippen MR) is 68.7 cm³/mol. The molecule has 1 N–H and O–H groups in total. The third kappa shape index (κ3) is 2.36. The van der Waals surface area contributed by atoms with E-state index in [1.54, 1.807) is 0 Å². The second-order valence-electron chi connectivity index (χ2n) is 5.83. The van der Waals surface area contributed by atoms with Crippen molar-refractivity contribution in [1.29, 1.82) is 0 Å². The maximum Gasteiger partial charge on any atom is 0.129 e. The van der Waals surface area contributed by atoms with Gasteiger partial charge in [-0.1, -0.05) is 6.92 Å². The summed E-state index contributed by atoms with van der Waals surface area (Å²) in [4.78, 5) is 2.20. The molecular formula is C14H25NO2. The fourth-order valence-corrected chi connectivity index (χ4v) is 3.12. The first kappa shape index (κ1) is 12.9. The summed E-state index contributed by atoms with van der Waals surface area (Å²) in [5.41, 5.74) is -0.122. The summed E-state index contributed by atoms with van der Waals surface area (Å²) in [6.45, 7) is 3.03. The Morgan fingerprint density at radius 2 is 2.06 bits per heavy atom. The molecular weight excluding hydrogens is 214 g/mol. The van der Waals surface area contributed by atoms with Gasteiger partial charge in [-0.2, -0.15) is 0 Å². The molecule has 1 aliphatic heterocycles. The molecule has 1 fully saturated rings. The molecule has 0 aromatic rings. The van der Waals surface area contributed by atoms with Crippen LogP contribution in [-0.4, -0.2) is 42.4 Å². The number of aliphatic hydroxyl groups excluding tert-OH is 1. The van der Waals surface area contributed by atoms with Gasteiger partial charge in [-0.05, 0) is 51.8 Å². The zero-order chi connectivity index (χ0) is 12.5. The normalized spacial score (nSPS) is 35.6. The second-order valence-corrected chi connectivity index (χ2v) is 5.83. The minimum Gasteiger partial charge on any atom is -0.495 e. The third-order valence-electron chi connectivity index (χ3n) is 4.54. The van der Waals surface area contributed by atoms with Gasteiger partial charge in [0.15, 0.2) is 0 Å². The molecule has 0 bridgehead atoms. The lowest BCUT2D eigenvalue weighted by Gasteiger charge is -2.47. The van der Waals surface area contributed by atoms with E-state index in [1.165, 1.54) is 12.8 Å². The molecule has 1 aliphatic carbocycles. The summed E-state index contributed by atoms with van der Waals surface area (Å²) in [5, 5.41) is 10.6. The lowest BCUT2D eigenvalue weighted by atomic mass is 9.72. The fourth-order valence-electron chi connectivity index (χ4n) is 3.12. The predicted octanol–water partition coefficient (Wildman–Crippen LogP) is 2.16. The quantitative estimate of drug-likeness (QED) is 0.819. The van der Waals surface area contributed by atoms with Crippen LogP contribution in [0, 0.1) is 5.92 Å². The van der Waals surface area contributed by atoms with E-state index in [-0.39, 0.29) is 5.54 Å². The van der Waals surface area contributed by atoms with Gasteiger partial charge in [-0.25, -0.2) is 0 Å². The SMILES string of the molecule is CC1CCC(C(O)C2=CCCO2)(N(C)C)CC1. The van der Waals surface area contributed by atoms with Crippen LogP contribution < -0.4 is 0 Å². The Labute approximate surface area is 104 Å². The summed E-state index contributed by atoms with van der Waals surface area (Å²) in [6.07, 6.45) is 7.03. The standard InChI is InChI=1S/C14H25NO2/c1-11-6-8-14(9-7-11,15(2)3)13(16)12-5-4-10-17-12/h5,11,13,16H,4,6-10H2,1-3H3. The van der Waals surface area contributed by atoms with E-state index in [2.05, 4.69) is 25.9 Å². The van der Waals surface area contributed by atoms with Gasteiger partial charge in [0.2, 0.25) is 0 Å². The van der Waals surface area contributed by atoms with Gasteiger partial charge >= 0.3 is 0 Å². The van der Waals surface area contributed by atoms with Crippen molar-refractivity contribution in [1.82, 2.24) is 4.90 Å².